The first-order chi connectivity index (χ1) is 21.7. The molecule has 242 valence electrons. The number of sulfonamides is 1. The van der Waals surface area contributed by atoms with Gasteiger partial charge in [-0.2, -0.15) is 0 Å². The average molecular weight is 636 g/mol. The zero-order valence-corrected chi connectivity index (χ0v) is 27.5. The van der Waals surface area contributed by atoms with Gasteiger partial charge in [0.1, 0.15) is 24.1 Å². The third-order valence-electron chi connectivity index (χ3n) is 8.15. The van der Waals surface area contributed by atoms with Crippen LogP contribution in [0.2, 0.25) is 0 Å². The van der Waals surface area contributed by atoms with Crippen molar-refractivity contribution in [3.63, 3.8) is 0 Å². The lowest BCUT2D eigenvalue weighted by molar-refractivity contribution is -0.140. The molecule has 0 saturated heterocycles. The molecule has 10 heteroatoms. The van der Waals surface area contributed by atoms with E-state index in [1.807, 2.05) is 45.0 Å². The minimum Gasteiger partial charge on any atom is -0.497 e. The Balaban J connectivity index is 1.72. The van der Waals surface area contributed by atoms with E-state index in [0.29, 0.717) is 30.2 Å². The summed E-state index contributed by atoms with van der Waals surface area (Å²) in [6.45, 7) is 5.68. The normalized spacial score (nSPS) is 14.3. The first kappa shape index (κ1) is 33.8. The van der Waals surface area contributed by atoms with E-state index in [1.165, 1.54) is 17.0 Å². The van der Waals surface area contributed by atoms with Gasteiger partial charge in [0.05, 0.1) is 24.3 Å². The first-order valence-corrected chi connectivity index (χ1v) is 17.1. The van der Waals surface area contributed by atoms with Gasteiger partial charge in [0.2, 0.25) is 11.8 Å². The number of ether oxygens (including phenoxy) is 2. The predicted molar refractivity (Wildman–Crippen MR) is 176 cm³/mol. The number of amides is 2. The van der Waals surface area contributed by atoms with Gasteiger partial charge in [-0.3, -0.25) is 13.9 Å². The van der Waals surface area contributed by atoms with E-state index in [-0.39, 0.29) is 23.4 Å². The number of nitrogens with zero attached hydrogens (tertiary/aromatic N) is 2. The monoisotopic (exact) mass is 635 g/mol. The van der Waals surface area contributed by atoms with Gasteiger partial charge < -0.3 is 19.7 Å². The summed E-state index contributed by atoms with van der Waals surface area (Å²) in [7, 11) is -2.59. The van der Waals surface area contributed by atoms with Crippen molar-refractivity contribution in [1.82, 2.24) is 10.2 Å². The molecule has 0 aromatic heterocycles. The maximum atomic E-state index is 14.4. The topological polar surface area (TPSA) is 105 Å². The quantitative estimate of drug-likeness (QED) is 0.238. The van der Waals surface area contributed by atoms with E-state index in [9.17, 15) is 18.0 Å². The number of hydrogen-bond acceptors (Lipinski definition) is 6. The van der Waals surface area contributed by atoms with Gasteiger partial charge >= 0.3 is 0 Å². The van der Waals surface area contributed by atoms with Crippen LogP contribution in [0.25, 0.3) is 0 Å². The summed E-state index contributed by atoms with van der Waals surface area (Å²) < 4.78 is 40.3. The molecule has 1 fully saturated rings. The maximum Gasteiger partial charge on any atom is 0.264 e. The fraction of sp³-hybridized carbons (Fsp3) is 0.429. The van der Waals surface area contributed by atoms with Crippen LogP contribution in [0.4, 0.5) is 5.69 Å². The van der Waals surface area contributed by atoms with Gasteiger partial charge in [0.25, 0.3) is 10.0 Å². The highest BCUT2D eigenvalue weighted by Gasteiger charge is 2.34. The van der Waals surface area contributed by atoms with Crippen LogP contribution in [-0.4, -0.2) is 57.5 Å². The maximum absolute atomic E-state index is 14.4. The molecule has 2 amide bonds. The Hall–Kier alpha value is -4.05. The van der Waals surface area contributed by atoms with E-state index in [4.69, 9.17) is 9.47 Å². The number of aryl methyl sites for hydroxylation is 1. The molecule has 45 heavy (non-hydrogen) atoms. The molecule has 3 aromatic carbocycles. The molecule has 1 N–H and O–H groups in total. The summed E-state index contributed by atoms with van der Waals surface area (Å²) in [5, 5.41) is 3.17. The highest BCUT2D eigenvalue weighted by Crippen LogP contribution is 2.28. The number of carbonyl (C=O) groups is 2. The molecule has 0 spiro atoms. The molecular formula is C35H45N3O6S. The summed E-state index contributed by atoms with van der Waals surface area (Å²) in [5.41, 5.74) is 1.99. The zero-order valence-electron chi connectivity index (χ0n) is 26.7. The smallest absolute Gasteiger partial charge is 0.264 e. The van der Waals surface area contributed by atoms with Crippen molar-refractivity contribution in [3.8, 4) is 11.5 Å². The summed E-state index contributed by atoms with van der Waals surface area (Å²) in [6.07, 6.45) is 5.45. The van der Waals surface area contributed by atoms with Crippen molar-refractivity contribution in [2.24, 2.45) is 0 Å². The Kier molecular flexibility index (Phi) is 11.9. The second-order valence-corrected chi connectivity index (χ2v) is 13.3. The van der Waals surface area contributed by atoms with E-state index in [0.717, 1.165) is 47.5 Å². The second-order valence-electron chi connectivity index (χ2n) is 11.4. The number of anilines is 1. The molecular weight excluding hydrogens is 590 g/mol. The van der Waals surface area contributed by atoms with E-state index < -0.39 is 28.5 Å². The molecule has 0 bridgehead atoms. The highest BCUT2D eigenvalue weighted by atomic mass is 32.2. The Morgan fingerprint density at radius 2 is 1.62 bits per heavy atom. The van der Waals surface area contributed by atoms with Crippen LogP contribution < -0.4 is 19.1 Å². The van der Waals surface area contributed by atoms with Crippen molar-refractivity contribution in [3.05, 3.63) is 83.9 Å². The summed E-state index contributed by atoms with van der Waals surface area (Å²) in [6, 6.07) is 19.7. The Labute approximate surface area is 267 Å². The highest BCUT2D eigenvalue weighted by molar-refractivity contribution is 7.92. The largest absolute Gasteiger partial charge is 0.497 e. The van der Waals surface area contributed by atoms with Crippen LogP contribution in [0.3, 0.4) is 0 Å². The van der Waals surface area contributed by atoms with E-state index >= 15 is 0 Å². The molecule has 4 rings (SSSR count). The molecule has 0 unspecified atom stereocenters. The molecule has 1 aliphatic rings. The van der Waals surface area contributed by atoms with Crippen molar-refractivity contribution < 1.29 is 27.5 Å². The summed E-state index contributed by atoms with van der Waals surface area (Å²) in [4.78, 5) is 29.7. The minimum absolute atomic E-state index is 0.0659. The molecule has 1 atom stereocenters. The van der Waals surface area contributed by atoms with Gasteiger partial charge in [0, 0.05) is 12.6 Å². The van der Waals surface area contributed by atoms with Crippen molar-refractivity contribution in [2.45, 2.75) is 82.8 Å². The third kappa shape index (κ3) is 8.78. The first-order valence-electron chi connectivity index (χ1n) is 15.7. The van der Waals surface area contributed by atoms with Crippen LogP contribution in [0, 0.1) is 6.92 Å². The van der Waals surface area contributed by atoms with Crippen molar-refractivity contribution >= 4 is 27.5 Å². The van der Waals surface area contributed by atoms with Gasteiger partial charge in [-0.1, -0.05) is 56.0 Å². The number of carbonyl (C=O) groups excluding carboxylic acids is 2. The van der Waals surface area contributed by atoms with Gasteiger partial charge in [-0.05, 0) is 87.2 Å². The van der Waals surface area contributed by atoms with Gasteiger partial charge in [-0.25, -0.2) is 8.42 Å². The lowest BCUT2D eigenvalue weighted by atomic mass is 9.95. The summed E-state index contributed by atoms with van der Waals surface area (Å²) >= 11 is 0. The fourth-order valence-corrected chi connectivity index (χ4v) is 7.09. The number of benzene rings is 3. The van der Waals surface area contributed by atoms with Crippen LogP contribution in [-0.2, 0) is 26.2 Å². The number of nitrogens with one attached hydrogen (secondary N) is 1. The molecule has 1 aliphatic carbocycles. The second kappa shape index (κ2) is 15.8. The van der Waals surface area contributed by atoms with E-state index in [1.54, 1.807) is 43.5 Å². The van der Waals surface area contributed by atoms with Crippen LogP contribution in [0.1, 0.15) is 63.5 Å². The number of rotatable bonds is 14. The van der Waals surface area contributed by atoms with Crippen LogP contribution >= 0.6 is 0 Å². The summed E-state index contributed by atoms with van der Waals surface area (Å²) in [5.74, 6) is 0.491. The average Bonchev–Trinajstić information content (AvgIpc) is 3.04. The predicted octanol–water partition coefficient (Wildman–Crippen LogP) is 5.85. The Bertz CT molecular complexity index is 1520. The Morgan fingerprint density at radius 1 is 0.933 bits per heavy atom. The molecule has 9 nitrogen and oxygen atoms in total. The van der Waals surface area contributed by atoms with Gasteiger partial charge in [-0.15, -0.1) is 0 Å². The molecule has 1 saturated carbocycles. The van der Waals surface area contributed by atoms with Crippen LogP contribution in [0.5, 0.6) is 11.5 Å². The van der Waals surface area contributed by atoms with Crippen LogP contribution in [0.15, 0.2) is 77.7 Å². The SMILES string of the molecule is CCOc1ccc(N(CC(=O)N(Cc2cccc(OC)c2)[C@@H](CC)C(=O)NC2CCCCC2)S(=O)(=O)c2ccc(C)cc2)cc1. The minimum atomic E-state index is -4.16. The lowest BCUT2D eigenvalue weighted by Crippen LogP contribution is -2.54. The molecule has 0 heterocycles. The fourth-order valence-electron chi connectivity index (χ4n) is 5.67. The lowest BCUT2D eigenvalue weighted by Gasteiger charge is -2.34. The van der Waals surface area contributed by atoms with E-state index in [2.05, 4.69) is 5.32 Å². The number of methoxy groups -OCH3 is 1. The third-order valence-corrected chi connectivity index (χ3v) is 9.94. The Morgan fingerprint density at radius 3 is 2.24 bits per heavy atom. The zero-order chi connectivity index (χ0) is 32.4. The van der Waals surface area contributed by atoms with Gasteiger partial charge in [0.15, 0.2) is 0 Å². The number of hydrogen-bond donors (Lipinski definition) is 1. The van der Waals surface area contributed by atoms with Crippen molar-refractivity contribution in [2.75, 3.05) is 24.6 Å². The molecule has 0 aliphatic heterocycles. The standard InChI is InChI=1S/C35H45N3O6S/c1-5-33(35(40)36-28-12-8-7-9-13-28)37(24-27-11-10-14-31(23-27)43-4)34(39)25-38(29-17-19-30(20-18-29)44-6-2)45(41,42)32-21-15-26(3)16-22-32/h10-11,14-23,28,33H,5-9,12-13,24-25H2,1-4H3,(H,36,40)/t33-/m0/s1. The molecule has 0 radical (unpaired) electrons. The van der Waals surface area contributed by atoms with Crippen molar-refractivity contribution in [1.29, 1.82) is 0 Å². The molecule has 3 aromatic rings.